The van der Waals surface area contributed by atoms with Gasteiger partial charge in [0.25, 0.3) is 0 Å². The summed E-state index contributed by atoms with van der Waals surface area (Å²) in [7, 11) is 0. The first kappa shape index (κ1) is 60.4. The van der Waals surface area contributed by atoms with Gasteiger partial charge in [0.2, 0.25) is 0 Å². The summed E-state index contributed by atoms with van der Waals surface area (Å²) < 4.78 is 49.0. The molecule has 24 nitrogen and oxygen atoms in total. The number of ether oxygens (including phenoxy) is 8. The lowest BCUT2D eigenvalue weighted by atomic mass is 9.33. The summed E-state index contributed by atoms with van der Waals surface area (Å²) in [6.45, 7) is 11.5. The zero-order valence-corrected chi connectivity index (χ0v) is 45.0. The van der Waals surface area contributed by atoms with E-state index in [0.717, 1.165) is 5.57 Å². The number of rotatable bonds is 12. The Kier molecular flexibility index (Phi) is 17.1. The Balaban J connectivity index is 0.991. The minimum atomic E-state index is -1.92. The fraction of sp³-hybridized carbons (Fsp3) is 0.962. The van der Waals surface area contributed by atoms with Crippen LogP contribution in [0.5, 0.6) is 0 Å². The maximum absolute atomic E-state index is 12.6. The lowest BCUT2D eigenvalue weighted by Crippen LogP contribution is -2.72. The minimum Gasteiger partial charge on any atom is -0.396 e. The largest absolute Gasteiger partial charge is 0.396 e. The molecule has 30 atom stereocenters. The van der Waals surface area contributed by atoms with Crippen molar-refractivity contribution in [1.82, 2.24) is 0 Å². The summed E-state index contributed by atoms with van der Waals surface area (Å²) >= 11 is 0. The first-order valence-corrected chi connectivity index (χ1v) is 27.5. The molecule has 4 saturated carbocycles. The lowest BCUT2D eigenvalue weighted by Gasteiger charge is -2.72. The molecule has 0 amide bonds. The lowest BCUT2D eigenvalue weighted by molar-refractivity contribution is -0.396. The summed E-state index contributed by atoms with van der Waals surface area (Å²) in [6, 6.07) is 0. The highest BCUT2D eigenvalue weighted by Gasteiger charge is 2.73. The highest BCUT2D eigenvalue weighted by molar-refractivity contribution is 5.36. The van der Waals surface area contributed by atoms with Gasteiger partial charge < -0.3 is 120 Å². The molecule has 8 fully saturated rings. The van der Waals surface area contributed by atoms with Crippen molar-refractivity contribution in [3.63, 3.8) is 0 Å². The first-order valence-electron chi connectivity index (χ1n) is 27.5. The number of hydrogen-bond acceptors (Lipinski definition) is 24. The third kappa shape index (κ3) is 9.45. The molecule has 0 spiro atoms. The van der Waals surface area contributed by atoms with E-state index in [-0.39, 0.29) is 23.7 Å². The number of aliphatic hydroxyl groups is 16. The maximum atomic E-state index is 12.6. The van der Waals surface area contributed by atoms with Crippen molar-refractivity contribution in [2.75, 3.05) is 33.0 Å². The van der Waals surface area contributed by atoms with Crippen LogP contribution in [0.1, 0.15) is 93.4 Å². The van der Waals surface area contributed by atoms with Crippen molar-refractivity contribution in [2.24, 2.45) is 50.2 Å². The van der Waals surface area contributed by atoms with Gasteiger partial charge in [0.05, 0.1) is 62.9 Å². The monoisotopic (exact) mass is 1110 g/mol. The molecule has 0 aromatic heterocycles. The molecule has 0 unspecified atom stereocenters. The minimum absolute atomic E-state index is 0.00966. The molecule has 444 valence electrons. The SMILES string of the molecule is CC1(C)C[C@H]2C3=CC[C@@H]4[C@@]5(C)CC[C@H](O[C@@H]6O[C@H](CO)[C@@H](O)[C@H](O[C@@H]7OC[C@@H](O)[C@@H](O)[C@@H]7O)[C@H]6O[C@@H]6O[C@H](CO)[C@@H](O)[C@H](O)[C@H]6O)C(C)(C)[C@@H]5CC[C@@]4(C)[C@]3(C)C[C@@H](O)[C@@]2(CO)[C@@H](O)[C@@H]1O[C@@H]1O[C@H](CO)[C@@H](O)[C@H](O)[C@H]1O. The van der Waals surface area contributed by atoms with Crippen LogP contribution in [0.15, 0.2) is 11.6 Å². The summed E-state index contributed by atoms with van der Waals surface area (Å²) in [5.74, 6) is -0.474. The van der Waals surface area contributed by atoms with Crippen LogP contribution in [0.4, 0.5) is 0 Å². The van der Waals surface area contributed by atoms with E-state index in [9.17, 15) is 81.7 Å². The Morgan fingerprint density at radius 2 is 1.09 bits per heavy atom. The van der Waals surface area contributed by atoms with Crippen molar-refractivity contribution in [3.8, 4) is 0 Å². The van der Waals surface area contributed by atoms with Crippen molar-refractivity contribution >= 4 is 0 Å². The van der Waals surface area contributed by atoms with E-state index in [1.54, 1.807) is 0 Å². The molecule has 0 aromatic rings. The van der Waals surface area contributed by atoms with Gasteiger partial charge in [0, 0.05) is 0 Å². The van der Waals surface area contributed by atoms with Gasteiger partial charge in [-0.2, -0.15) is 0 Å². The third-order valence-corrected chi connectivity index (χ3v) is 21.4. The fourth-order valence-electron chi connectivity index (χ4n) is 16.7. The number of allylic oxidation sites excluding steroid dienone is 2. The van der Waals surface area contributed by atoms with Gasteiger partial charge in [-0.1, -0.05) is 60.1 Å². The van der Waals surface area contributed by atoms with Crippen molar-refractivity contribution < 1.29 is 120 Å². The average Bonchev–Trinajstić information content (AvgIpc) is 3.46. The van der Waals surface area contributed by atoms with Crippen molar-refractivity contribution in [2.45, 2.75) is 235 Å². The zero-order chi connectivity index (χ0) is 56.4. The molecule has 16 N–H and O–H groups in total. The molecule has 0 bridgehead atoms. The van der Waals surface area contributed by atoms with Crippen LogP contribution in [0.2, 0.25) is 0 Å². The first-order chi connectivity index (χ1) is 36.0. The quantitative estimate of drug-likeness (QED) is 0.0654. The Hall–Kier alpha value is -1.22. The van der Waals surface area contributed by atoms with Crippen LogP contribution < -0.4 is 0 Å². The van der Waals surface area contributed by atoms with E-state index in [0.29, 0.717) is 38.5 Å². The summed E-state index contributed by atoms with van der Waals surface area (Å²) in [6.07, 6.45) is -29.7. The molecule has 0 aromatic carbocycles. The van der Waals surface area contributed by atoms with Crippen molar-refractivity contribution in [3.05, 3.63) is 11.6 Å². The van der Waals surface area contributed by atoms with Gasteiger partial charge >= 0.3 is 0 Å². The van der Waals surface area contributed by atoms with Crippen LogP contribution in [0.3, 0.4) is 0 Å². The summed E-state index contributed by atoms with van der Waals surface area (Å²) in [5, 5.41) is 175. The Morgan fingerprint density at radius 1 is 0.545 bits per heavy atom. The molecule has 5 aliphatic carbocycles. The average molecular weight is 1110 g/mol. The van der Waals surface area contributed by atoms with Crippen LogP contribution in [-0.4, -0.2) is 256 Å². The second-order valence-corrected chi connectivity index (χ2v) is 26.1. The third-order valence-electron chi connectivity index (χ3n) is 21.4. The Morgan fingerprint density at radius 3 is 1.68 bits per heavy atom. The van der Waals surface area contributed by atoms with Crippen molar-refractivity contribution in [1.29, 1.82) is 0 Å². The van der Waals surface area contributed by atoms with Gasteiger partial charge in [-0.05, 0) is 89.8 Å². The smallest absolute Gasteiger partial charge is 0.187 e. The predicted molar refractivity (Wildman–Crippen MR) is 261 cm³/mol. The topological polar surface area (TPSA) is 398 Å². The van der Waals surface area contributed by atoms with Crippen LogP contribution in [0.25, 0.3) is 0 Å². The fourth-order valence-corrected chi connectivity index (χ4v) is 16.7. The highest BCUT2D eigenvalue weighted by Crippen LogP contribution is 2.76. The van der Waals surface area contributed by atoms with Gasteiger partial charge in [-0.25, -0.2) is 0 Å². The number of hydrogen-bond donors (Lipinski definition) is 16. The van der Waals surface area contributed by atoms with E-state index in [2.05, 4.69) is 40.7 Å². The Labute approximate surface area is 448 Å². The van der Waals surface area contributed by atoms with E-state index >= 15 is 0 Å². The van der Waals surface area contributed by atoms with E-state index in [1.807, 2.05) is 13.8 Å². The molecule has 24 heteroatoms. The van der Waals surface area contributed by atoms with E-state index in [1.165, 1.54) is 0 Å². The summed E-state index contributed by atoms with van der Waals surface area (Å²) in [4.78, 5) is 0. The van der Waals surface area contributed by atoms with E-state index in [4.69, 9.17) is 37.9 Å². The summed E-state index contributed by atoms with van der Waals surface area (Å²) in [5.41, 5.74) is -3.38. The molecule has 0 radical (unpaired) electrons. The second-order valence-electron chi connectivity index (χ2n) is 26.1. The molecule has 4 aliphatic heterocycles. The number of fused-ring (bicyclic) bond motifs is 7. The standard InChI is InChI=1S/C53H88O24/c1-48(2)14-22-21-8-9-28-50(5)12-11-30(74-47-41(76-45-38(67)35(64)32(61)24(16-54)71-45)40(34(63)26(18-56)73-47)75-44-37(66)31(60)23(58)19-70-44)49(3,4)27(50)10-13-51(28,6)52(21,7)15-29(59)53(22,20-57)42(69)43(48)77-46-39(68)36(65)33(62)25(17-55)72-46/h8,22-47,54-69H,9-20H2,1-7H3/t22-,23+,24+,25+,26+,27-,28+,29+,30-,31+,32+,33+,34+,35-,36-,37-,38+,39+,40-,41+,42-,43-,44-,45-,46-,47-,50-,51+,52+,53-/m0/s1. The maximum Gasteiger partial charge on any atom is 0.187 e. The van der Waals surface area contributed by atoms with Gasteiger partial charge in [-0.3, -0.25) is 0 Å². The normalized spacial score (nSPS) is 55.5. The van der Waals surface area contributed by atoms with Gasteiger partial charge in [0.1, 0.15) is 91.6 Å². The van der Waals surface area contributed by atoms with Gasteiger partial charge in [0.15, 0.2) is 25.2 Å². The second kappa shape index (κ2) is 21.8. The number of aliphatic hydroxyl groups excluding tert-OH is 16. The molecule has 4 saturated heterocycles. The zero-order valence-electron chi connectivity index (χ0n) is 45.0. The predicted octanol–water partition coefficient (Wildman–Crippen LogP) is -4.01. The molecule has 9 rings (SSSR count). The van der Waals surface area contributed by atoms with Crippen LogP contribution >= 0.6 is 0 Å². The Bertz CT molecular complexity index is 2080. The van der Waals surface area contributed by atoms with Gasteiger partial charge in [-0.15, -0.1) is 0 Å². The highest BCUT2D eigenvalue weighted by atomic mass is 16.8. The van der Waals surface area contributed by atoms with E-state index < -0.39 is 207 Å². The molecular weight excluding hydrogens is 1020 g/mol. The molecular formula is C53H88O24. The van der Waals surface area contributed by atoms with Crippen LogP contribution in [-0.2, 0) is 37.9 Å². The molecule has 4 heterocycles. The molecule has 77 heavy (non-hydrogen) atoms. The molecule has 9 aliphatic rings. The van der Waals surface area contributed by atoms with Crippen LogP contribution in [0, 0.1) is 50.2 Å².